The minimum absolute atomic E-state index is 0.0405. The van der Waals surface area contributed by atoms with Crippen molar-refractivity contribution in [2.45, 2.75) is 10.5 Å². The number of alkyl halides is 3. The zero-order chi connectivity index (χ0) is 18.0. The molecule has 10 heteroatoms. The number of rotatable bonds is 4. The van der Waals surface area contributed by atoms with Crippen molar-refractivity contribution < 1.29 is 18.0 Å². The number of aromatic nitrogens is 2. The molecule has 0 fully saturated rings. The highest BCUT2D eigenvalue weighted by Crippen LogP contribution is 2.33. The van der Waals surface area contributed by atoms with Gasteiger partial charge in [0.25, 0.3) is 0 Å². The molecule has 0 aliphatic heterocycles. The standard InChI is InChI=1S/C15H9ClF3N3OS2/c16-9-5-8(15(17,18)19)6-20-13(9)22-12(23)7-24-14-21-10-3-1-2-4-11(10)25-14/h1-6H,7H2,(H,20,22,23). The van der Waals surface area contributed by atoms with Crippen LogP contribution in [0.4, 0.5) is 19.0 Å². The molecule has 3 aromatic rings. The van der Waals surface area contributed by atoms with E-state index in [1.165, 1.54) is 23.1 Å². The Morgan fingerprint density at radius 2 is 2.08 bits per heavy atom. The predicted molar refractivity (Wildman–Crippen MR) is 93.2 cm³/mol. The highest BCUT2D eigenvalue weighted by molar-refractivity contribution is 8.01. The second-order valence-corrected chi connectivity index (χ2v) is 7.50. The van der Waals surface area contributed by atoms with Gasteiger partial charge >= 0.3 is 6.18 Å². The first kappa shape index (κ1) is 18.0. The van der Waals surface area contributed by atoms with Gasteiger partial charge < -0.3 is 5.32 Å². The molecule has 25 heavy (non-hydrogen) atoms. The van der Waals surface area contributed by atoms with Crippen LogP contribution in [0, 0.1) is 0 Å². The predicted octanol–water partition coefficient (Wildman–Crippen LogP) is 5.09. The molecule has 2 heterocycles. The van der Waals surface area contributed by atoms with Crippen LogP contribution in [0.5, 0.6) is 0 Å². The molecule has 0 atom stereocenters. The Bertz CT molecular complexity index is 897. The van der Waals surface area contributed by atoms with E-state index < -0.39 is 17.6 Å². The number of pyridine rings is 1. The maximum absolute atomic E-state index is 12.6. The maximum Gasteiger partial charge on any atom is 0.417 e. The van der Waals surface area contributed by atoms with Gasteiger partial charge in [-0.05, 0) is 18.2 Å². The average molecular weight is 404 g/mol. The maximum atomic E-state index is 12.6. The minimum atomic E-state index is -4.54. The number of carbonyl (C=O) groups excluding carboxylic acids is 1. The molecule has 0 spiro atoms. The Balaban J connectivity index is 1.62. The first-order valence-corrected chi connectivity index (χ1v) is 9.02. The average Bonchev–Trinajstić information content (AvgIpc) is 2.97. The van der Waals surface area contributed by atoms with E-state index >= 15 is 0 Å². The van der Waals surface area contributed by atoms with E-state index in [0.29, 0.717) is 6.20 Å². The molecule has 0 radical (unpaired) electrons. The largest absolute Gasteiger partial charge is 0.417 e. The number of thioether (sulfide) groups is 1. The Kier molecular flexibility index (Phi) is 5.16. The lowest BCUT2D eigenvalue weighted by atomic mass is 10.3. The molecule has 0 aliphatic rings. The molecule has 1 amide bonds. The fourth-order valence-corrected chi connectivity index (χ4v) is 3.98. The molecule has 0 aliphatic carbocycles. The number of amides is 1. The number of hydrogen-bond donors (Lipinski definition) is 1. The van der Waals surface area contributed by atoms with Crippen LogP contribution < -0.4 is 5.32 Å². The highest BCUT2D eigenvalue weighted by Gasteiger charge is 2.31. The number of carbonyl (C=O) groups is 1. The van der Waals surface area contributed by atoms with Gasteiger partial charge in [-0.2, -0.15) is 13.2 Å². The van der Waals surface area contributed by atoms with E-state index in [2.05, 4.69) is 15.3 Å². The number of nitrogens with one attached hydrogen (secondary N) is 1. The van der Waals surface area contributed by atoms with Gasteiger partial charge in [0.1, 0.15) is 0 Å². The van der Waals surface area contributed by atoms with E-state index in [-0.39, 0.29) is 16.6 Å². The summed E-state index contributed by atoms with van der Waals surface area (Å²) in [6.45, 7) is 0. The fraction of sp³-hybridized carbons (Fsp3) is 0.133. The van der Waals surface area contributed by atoms with Crippen molar-refractivity contribution in [2.24, 2.45) is 0 Å². The molecule has 0 saturated heterocycles. The molecular formula is C15H9ClF3N3OS2. The Morgan fingerprint density at radius 1 is 1.32 bits per heavy atom. The van der Waals surface area contributed by atoms with Gasteiger partial charge in [0.15, 0.2) is 10.2 Å². The van der Waals surface area contributed by atoms with Crippen molar-refractivity contribution in [1.82, 2.24) is 9.97 Å². The SMILES string of the molecule is O=C(CSc1nc2ccccc2s1)Nc1ncc(C(F)(F)F)cc1Cl. The normalized spacial score (nSPS) is 11.7. The summed E-state index contributed by atoms with van der Waals surface area (Å²) in [5.74, 6) is -0.498. The number of para-hydroxylation sites is 1. The first-order valence-electron chi connectivity index (χ1n) is 6.84. The molecule has 0 saturated carbocycles. The van der Waals surface area contributed by atoms with Crippen molar-refractivity contribution in [3.63, 3.8) is 0 Å². The van der Waals surface area contributed by atoms with Gasteiger partial charge in [-0.15, -0.1) is 11.3 Å². The smallest absolute Gasteiger partial charge is 0.309 e. The van der Waals surface area contributed by atoms with Crippen LogP contribution in [0.3, 0.4) is 0 Å². The molecule has 3 rings (SSSR count). The van der Waals surface area contributed by atoms with Crippen molar-refractivity contribution in [3.8, 4) is 0 Å². The van der Waals surface area contributed by atoms with Crippen molar-refractivity contribution in [3.05, 3.63) is 47.1 Å². The van der Waals surface area contributed by atoms with Crippen molar-refractivity contribution >= 4 is 56.6 Å². The van der Waals surface area contributed by atoms with E-state index in [1.807, 2.05) is 24.3 Å². The van der Waals surface area contributed by atoms with Crippen LogP contribution in [-0.4, -0.2) is 21.6 Å². The van der Waals surface area contributed by atoms with Gasteiger partial charge in [0, 0.05) is 6.20 Å². The summed E-state index contributed by atoms with van der Waals surface area (Å²) < 4.78 is 39.4. The van der Waals surface area contributed by atoms with Gasteiger partial charge in [-0.3, -0.25) is 4.79 Å². The lowest BCUT2D eigenvalue weighted by Crippen LogP contribution is -2.16. The van der Waals surface area contributed by atoms with Gasteiger partial charge in [-0.25, -0.2) is 9.97 Å². The summed E-state index contributed by atoms with van der Waals surface area (Å²) in [4.78, 5) is 19.9. The summed E-state index contributed by atoms with van der Waals surface area (Å²) >= 11 is 8.45. The molecule has 4 nitrogen and oxygen atoms in total. The summed E-state index contributed by atoms with van der Waals surface area (Å²) in [5.41, 5.74) is -0.123. The first-order chi connectivity index (χ1) is 11.8. The Morgan fingerprint density at radius 3 is 2.76 bits per heavy atom. The quantitative estimate of drug-likeness (QED) is 0.616. The lowest BCUT2D eigenvalue weighted by molar-refractivity contribution is -0.137. The number of hydrogen-bond acceptors (Lipinski definition) is 5. The highest BCUT2D eigenvalue weighted by atomic mass is 35.5. The molecular weight excluding hydrogens is 395 g/mol. The third kappa shape index (κ3) is 4.42. The summed E-state index contributed by atoms with van der Waals surface area (Å²) in [7, 11) is 0. The summed E-state index contributed by atoms with van der Waals surface area (Å²) in [6, 6.07) is 8.32. The van der Waals surface area contributed by atoms with Crippen LogP contribution >= 0.6 is 34.7 Å². The molecule has 2 aromatic heterocycles. The van der Waals surface area contributed by atoms with E-state index in [9.17, 15) is 18.0 Å². The van der Waals surface area contributed by atoms with Crippen molar-refractivity contribution in [2.75, 3.05) is 11.1 Å². The molecule has 0 bridgehead atoms. The molecule has 1 N–H and O–H groups in total. The zero-order valence-electron chi connectivity index (χ0n) is 12.3. The number of anilines is 1. The fourth-order valence-electron chi connectivity index (χ4n) is 1.89. The van der Waals surface area contributed by atoms with Crippen LogP contribution in [0.2, 0.25) is 5.02 Å². The number of fused-ring (bicyclic) bond motifs is 1. The van der Waals surface area contributed by atoms with Crippen molar-refractivity contribution in [1.29, 1.82) is 0 Å². The monoisotopic (exact) mass is 403 g/mol. The topological polar surface area (TPSA) is 54.9 Å². The van der Waals surface area contributed by atoms with Crippen LogP contribution in [0.25, 0.3) is 10.2 Å². The Labute approximate surface area is 153 Å². The molecule has 130 valence electrons. The minimum Gasteiger partial charge on any atom is -0.309 e. The van der Waals surface area contributed by atoms with Gasteiger partial charge in [0.2, 0.25) is 5.91 Å². The second-order valence-electron chi connectivity index (χ2n) is 4.84. The third-order valence-corrected chi connectivity index (χ3v) is 5.49. The van der Waals surface area contributed by atoms with Gasteiger partial charge in [-0.1, -0.05) is 35.5 Å². The number of thiazole rings is 1. The van der Waals surface area contributed by atoms with E-state index in [4.69, 9.17) is 11.6 Å². The Hall–Kier alpha value is -1.84. The second kappa shape index (κ2) is 7.19. The summed E-state index contributed by atoms with van der Waals surface area (Å²) in [6.07, 6.45) is -3.91. The van der Waals surface area contributed by atoms with Crippen LogP contribution in [0.1, 0.15) is 5.56 Å². The summed E-state index contributed by atoms with van der Waals surface area (Å²) in [5, 5.41) is 2.13. The third-order valence-electron chi connectivity index (χ3n) is 3.03. The zero-order valence-corrected chi connectivity index (χ0v) is 14.7. The van der Waals surface area contributed by atoms with E-state index in [0.717, 1.165) is 20.6 Å². The number of halogens is 4. The van der Waals surface area contributed by atoms with E-state index in [1.54, 1.807) is 0 Å². The number of benzene rings is 1. The van der Waals surface area contributed by atoms with Gasteiger partial charge in [0.05, 0.1) is 26.6 Å². The number of nitrogens with zero attached hydrogens (tertiary/aromatic N) is 2. The molecule has 0 unspecified atom stereocenters. The molecule has 1 aromatic carbocycles. The van der Waals surface area contributed by atoms with Crippen LogP contribution in [0.15, 0.2) is 40.9 Å². The lowest BCUT2D eigenvalue weighted by Gasteiger charge is -2.09. The van der Waals surface area contributed by atoms with Crippen LogP contribution in [-0.2, 0) is 11.0 Å².